The van der Waals surface area contributed by atoms with E-state index in [1.54, 1.807) is 0 Å². The van der Waals surface area contributed by atoms with Gasteiger partial charge in [0.15, 0.2) is 29.6 Å². The Hall–Kier alpha value is -2.76. The molecule has 1 heterocycles. The third-order valence-electron chi connectivity index (χ3n) is 2.21. The summed E-state index contributed by atoms with van der Waals surface area (Å²) in [5.74, 6) is -7.31. The summed E-state index contributed by atoms with van der Waals surface area (Å²) in [5, 5.41) is 14.8. The summed E-state index contributed by atoms with van der Waals surface area (Å²) in [6, 6.07) is 1.01. The van der Waals surface area contributed by atoms with E-state index in [0.717, 1.165) is 12.3 Å². The van der Waals surface area contributed by atoms with Crippen LogP contribution in [0.25, 0.3) is 5.69 Å². The molecular formula is C10H2F4N4O. The van der Waals surface area contributed by atoms with Crippen LogP contribution in [0.3, 0.4) is 0 Å². The highest BCUT2D eigenvalue weighted by Crippen LogP contribution is 2.26. The van der Waals surface area contributed by atoms with E-state index in [0.29, 0.717) is 4.68 Å². The van der Waals surface area contributed by atoms with Crippen molar-refractivity contribution in [3.05, 3.63) is 40.7 Å². The topological polar surface area (TPSA) is 71.6 Å². The fourth-order valence-corrected chi connectivity index (χ4v) is 1.36. The first-order chi connectivity index (χ1) is 9.01. The molecule has 0 radical (unpaired) electrons. The maximum Gasteiger partial charge on any atom is 0.189 e. The quantitative estimate of drug-likeness (QED) is 0.471. The van der Waals surface area contributed by atoms with Crippen LogP contribution in [0.1, 0.15) is 16.1 Å². The normalized spacial score (nSPS) is 10.3. The average molecular weight is 270 g/mol. The summed E-state index contributed by atoms with van der Waals surface area (Å²) < 4.78 is 54.2. The Bertz CT molecular complexity index is 690. The predicted molar refractivity (Wildman–Crippen MR) is 51.3 cm³/mol. The first-order valence-electron chi connectivity index (χ1n) is 4.65. The molecule has 0 N–H and O–H groups in total. The highest BCUT2D eigenvalue weighted by Gasteiger charge is 2.27. The van der Waals surface area contributed by atoms with Crippen molar-refractivity contribution in [1.29, 1.82) is 5.26 Å². The molecule has 0 saturated carbocycles. The molecule has 0 aliphatic rings. The standard InChI is InChI=1S/C10H2F4N4O/c11-6-5(1-15)7(12)9(14)10(8(6)13)18-2-4(3-19)16-17-18/h2-3H. The number of halogens is 4. The number of hydrogen-bond acceptors (Lipinski definition) is 4. The van der Waals surface area contributed by atoms with E-state index in [2.05, 4.69) is 10.3 Å². The number of aldehydes is 1. The van der Waals surface area contributed by atoms with Gasteiger partial charge in [-0.05, 0) is 0 Å². The molecule has 2 rings (SSSR count). The molecule has 0 saturated heterocycles. The summed E-state index contributed by atoms with van der Waals surface area (Å²) in [4.78, 5) is 10.4. The largest absolute Gasteiger partial charge is 0.296 e. The average Bonchev–Trinajstić information content (AvgIpc) is 2.86. The maximum absolute atomic E-state index is 13.6. The molecule has 0 atom stereocenters. The van der Waals surface area contributed by atoms with Crippen LogP contribution in [-0.4, -0.2) is 21.3 Å². The second-order valence-electron chi connectivity index (χ2n) is 3.30. The zero-order chi connectivity index (χ0) is 14.2. The van der Waals surface area contributed by atoms with Crippen molar-refractivity contribution in [2.45, 2.75) is 0 Å². The Balaban J connectivity index is 2.78. The molecule has 0 bridgehead atoms. The van der Waals surface area contributed by atoms with Crippen molar-refractivity contribution in [2.75, 3.05) is 0 Å². The van der Waals surface area contributed by atoms with Crippen LogP contribution < -0.4 is 0 Å². The minimum atomic E-state index is -1.85. The minimum absolute atomic E-state index is 0.232. The Morgan fingerprint density at radius 2 is 1.74 bits per heavy atom. The number of nitriles is 1. The van der Waals surface area contributed by atoms with Gasteiger partial charge in [-0.25, -0.2) is 22.2 Å². The number of rotatable bonds is 2. The van der Waals surface area contributed by atoms with Crippen molar-refractivity contribution < 1.29 is 22.4 Å². The minimum Gasteiger partial charge on any atom is -0.296 e. The zero-order valence-electron chi connectivity index (χ0n) is 8.86. The number of carbonyl (C=O) groups excluding carboxylic acids is 1. The van der Waals surface area contributed by atoms with Gasteiger partial charge in [0, 0.05) is 0 Å². The van der Waals surface area contributed by atoms with Gasteiger partial charge in [0.1, 0.15) is 23.0 Å². The van der Waals surface area contributed by atoms with E-state index >= 15 is 0 Å². The molecule has 1 aromatic carbocycles. The molecule has 0 spiro atoms. The van der Waals surface area contributed by atoms with Crippen molar-refractivity contribution in [3.8, 4) is 11.8 Å². The van der Waals surface area contributed by atoms with Crippen LogP contribution in [0.4, 0.5) is 17.6 Å². The summed E-state index contributed by atoms with van der Waals surface area (Å²) in [5.41, 5.74) is -2.87. The Labute approximate surface area is 102 Å². The molecule has 0 aliphatic carbocycles. The van der Waals surface area contributed by atoms with Crippen molar-refractivity contribution in [2.24, 2.45) is 0 Å². The third-order valence-corrected chi connectivity index (χ3v) is 2.21. The molecule has 0 aliphatic heterocycles. The van der Waals surface area contributed by atoms with E-state index in [4.69, 9.17) is 5.26 Å². The van der Waals surface area contributed by atoms with Crippen LogP contribution in [0.15, 0.2) is 6.20 Å². The van der Waals surface area contributed by atoms with Gasteiger partial charge in [0.25, 0.3) is 0 Å². The molecule has 5 nitrogen and oxygen atoms in total. The highest BCUT2D eigenvalue weighted by atomic mass is 19.2. The van der Waals surface area contributed by atoms with Crippen molar-refractivity contribution in [3.63, 3.8) is 0 Å². The van der Waals surface area contributed by atoms with Crippen LogP contribution in [0.5, 0.6) is 0 Å². The van der Waals surface area contributed by atoms with Gasteiger partial charge in [0.05, 0.1) is 6.20 Å². The van der Waals surface area contributed by atoms with Gasteiger partial charge < -0.3 is 0 Å². The van der Waals surface area contributed by atoms with Crippen molar-refractivity contribution in [1.82, 2.24) is 15.0 Å². The second-order valence-corrected chi connectivity index (χ2v) is 3.30. The molecule has 96 valence electrons. The van der Waals surface area contributed by atoms with Crippen molar-refractivity contribution >= 4 is 6.29 Å². The molecule has 0 fully saturated rings. The summed E-state index contributed by atoms with van der Waals surface area (Å²) >= 11 is 0. The molecule has 2 aromatic rings. The molecular weight excluding hydrogens is 268 g/mol. The first-order valence-corrected chi connectivity index (χ1v) is 4.65. The first kappa shape index (κ1) is 12.7. The maximum atomic E-state index is 13.6. The van der Waals surface area contributed by atoms with Gasteiger partial charge in [-0.1, -0.05) is 5.21 Å². The lowest BCUT2D eigenvalue weighted by Crippen LogP contribution is -2.10. The number of carbonyl (C=O) groups is 1. The summed E-state index contributed by atoms with van der Waals surface area (Å²) in [6.07, 6.45) is 1.01. The lowest BCUT2D eigenvalue weighted by Gasteiger charge is -2.07. The zero-order valence-corrected chi connectivity index (χ0v) is 8.86. The molecule has 0 amide bonds. The monoisotopic (exact) mass is 270 g/mol. The fourth-order valence-electron chi connectivity index (χ4n) is 1.36. The predicted octanol–water partition coefficient (Wildman–Crippen LogP) is 1.51. The van der Waals surface area contributed by atoms with Gasteiger partial charge in [-0.3, -0.25) is 4.79 Å². The molecule has 0 unspecified atom stereocenters. The smallest absolute Gasteiger partial charge is 0.189 e. The number of hydrogen-bond donors (Lipinski definition) is 0. The Morgan fingerprint density at radius 3 is 2.16 bits per heavy atom. The third kappa shape index (κ3) is 1.83. The van der Waals surface area contributed by atoms with Crippen LogP contribution in [-0.2, 0) is 0 Å². The van der Waals surface area contributed by atoms with E-state index in [1.165, 1.54) is 0 Å². The van der Waals surface area contributed by atoms with Gasteiger partial charge in [0.2, 0.25) is 0 Å². The van der Waals surface area contributed by atoms with Gasteiger partial charge >= 0.3 is 0 Å². The SMILES string of the molecule is N#Cc1c(F)c(F)c(-n2cc(C=O)nn2)c(F)c1F. The number of aromatic nitrogens is 3. The summed E-state index contributed by atoms with van der Waals surface area (Å²) in [6.45, 7) is 0. The Kier molecular flexibility index (Phi) is 3.00. The van der Waals surface area contributed by atoms with Crippen LogP contribution in [0.2, 0.25) is 0 Å². The summed E-state index contributed by atoms with van der Waals surface area (Å²) in [7, 11) is 0. The molecule has 1 aromatic heterocycles. The fraction of sp³-hybridized carbons (Fsp3) is 0. The van der Waals surface area contributed by atoms with Crippen LogP contribution in [0, 0.1) is 34.6 Å². The van der Waals surface area contributed by atoms with Gasteiger partial charge in [-0.2, -0.15) is 5.26 Å². The Morgan fingerprint density at radius 1 is 1.16 bits per heavy atom. The van der Waals surface area contributed by atoms with E-state index in [1.807, 2.05) is 0 Å². The van der Waals surface area contributed by atoms with E-state index in [-0.39, 0.29) is 12.0 Å². The lowest BCUT2D eigenvalue weighted by molar-refractivity contribution is 0.111. The second kappa shape index (κ2) is 4.49. The lowest BCUT2D eigenvalue weighted by atomic mass is 10.1. The van der Waals surface area contributed by atoms with E-state index in [9.17, 15) is 22.4 Å². The molecule has 9 heteroatoms. The van der Waals surface area contributed by atoms with Gasteiger partial charge in [-0.15, -0.1) is 5.10 Å². The number of benzene rings is 1. The molecule has 19 heavy (non-hydrogen) atoms. The van der Waals surface area contributed by atoms with Crippen LogP contribution >= 0.6 is 0 Å². The highest BCUT2D eigenvalue weighted by molar-refractivity contribution is 5.70. The van der Waals surface area contributed by atoms with E-state index < -0.39 is 34.5 Å². The number of nitrogens with zero attached hydrogens (tertiary/aromatic N) is 4.